The Bertz CT molecular complexity index is 902. The molecule has 122 valence electrons. The van der Waals surface area contributed by atoms with Gasteiger partial charge in [-0.25, -0.2) is 0 Å². The number of nitrogens with zero attached hydrogens (tertiary/aromatic N) is 1. The number of nitrogens with one attached hydrogen (secondary N) is 1. The minimum atomic E-state index is -0.302. The normalized spacial score (nSPS) is 10.7. The van der Waals surface area contributed by atoms with Crippen molar-refractivity contribution in [2.24, 2.45) is 0 Å². The highest BCUT2D eigenvalue weighted by atomic mass is 35.5. The molecule has 1 amide bonds. The van der Waals surface area contributed by atoms with E-state index in [1.54, 1.807) is 49.4 Å². The monoisotopic (exact) mass is 360 g/mol. The van der Waals surface area contributed by atoms with Gasteiger partial charge in [0.25, 0.3) is 5.91 Å². The number of halogens is 2. The Morgan fingerprint density at radius 3 is 2.50 bits per heavy atom. The van der Waals surface area contributed by atoms with E-state index in [4.69, 9.17) is 27.7 Å². The quantitative estimate of drug-likeness (QED) is 0.669. The topological polar surface area (TPSA) is 55.1 Å². The molecule has 0 spiro atoms. The summed E-state index contributed by atoms with van der Waals surface area (Å²) in [6.07, 6.45) is 0. The van der Waals surface area contributed by atoms with Crippen LogP contribution in [0.5, 0.6) is 0 Å². The van der Waals surface area contributed by atoms with E-state index in [1.807, 2.05) is 6.92 Å². The van der Waals surface area contributed by atoms with Crippen molar-refractivity contribution in [2.75, 3.05) is 5.32 Å². The molecule has 1 aromatic heterocycles. The number of anilines is 1. The minimum absolute atomic E-state index is 0.302. The fraction of sp³-hybridized carbons (Fsp3) is 0.111. The summed E-state index contributed by atoms with van der Waals surface area (Å²) in [5.74, 6) is 0.102. The summed E-state index contributed by atoms with van der Waals surface area (Å²) in [7, 11) is 0. The zero-order chi connectivity index (χ0) is 17.3. The van der Waals surface area contributed by atoms with Crippen LogP contribution in [0.1, 0.15) is 21.6 Å². The minimum Gasteiger partial charge on any atom is -0.355 e. The third-order valence-corrected chi connectivity index (χ3v) is 4.37. The van der Waals surface area contributed by atoms with Crippen LogP contribution in [0.25, 0.3) is 11.3 Å². The number of rotatable bonds is 3. The second-order valence-corrected chi connectivity index (χ2v) is 6.19. The van der Waals surface area contributed by atoms with Crippen LogP contribution in [0.15, 0.2) is 47.0 Å². The van der Waals surface area contributed by atoms with Crippen LogP contribution in [0.4, 0.5) is 5.69 Å². The van der Waals surface area contributed by atoms with Gasteiger partial charge >= 0.3 is 0 Å². The molecule has 0 saturated heterocycles. The predicted octanol–water partition coefficient (Wildman–Crippen LogP) is 5.52. The second-order valence-electron chi connectivity index (χ2n) is 5.35. The maximum absolute atomic E-state index is 12.7. The van der Waals surface area contributed by atoms with E-state index in [0.29, 0.717) is 32.8 Å². The molecule has 0 fully saturated rings. The van der Waals surface area contributed by atoms with Gasteiger partial charge in [-0.15, -0.1) is 0 Å². The van der Waals surface area contributed by atoms with Crippen molar-refractivity contribution in [2.45, 2.75) is 13.8 Å². The van der Waals surface area contributed by atoms with Crippen LogP contribution >= 0.6 is 23.2 Å². The van der Waals surface area contributed by atoms with Crippen LogP contribution in [0.3, 0.4) is 0 Å². The molecule has 4 nitrogen and oxygen atoms in total. The molecule has 3 rings (SSSR count). The Labute approximate surface area is 149 Å². The molecular formula is C18H14Cl2N2O2. The number of hydrogen-bond acceptors (Lipinski definition) is 3. The Morgan fingerprint density at radius 1 is 1.08 bits per heavy atom. The molecule has 2 aromatic carbocycles. The molecule has 0 saturated carbocycles. The third-order valence-electron chi connectivity index (χ3n) is 3.71. The van der Waals surface area contributed by atoms with Gasteiger partial charge in [0.2, 0.25) is 0 Å². The van der Waals surface area contributed by atoms with Crippen molar-refractivity contribution in [1.29, 1.82) is 0 Å². The van der Waals surface area contributed by atoms with Crippen molar-refractivity contribution in [3.8, 4) is 11.3 Å². The van der Waals surface area contributed by atoms with Crippen LogP contribution in [0, 0.1) is 13.8 Å². The SMILES string of the molecule is Cc1noc(-c2ccc(Cl)cc2)c1C(=O)Nc1cccc(Cl)c1C. The molecule has 3 aromatic rings. The zero-order valence-corrected chi connectivity index (χ0v) is 14.6. The lowest BCUT2D eigenvalue weighted by Crippen LogP contribution is -2.14. The van der Waals surface area contributed by atoms with Crippen LogP contribution in [0.2, 0.25) is 10.0 Å². The number of carbonyl (C=O) groups excluding carboxylic acids is 1. The third kappa shape index (κ3) is 3.16. The van der Waals surface area contributed by atoms with E-state index in [1.165, 1.54) is 0 Å². The van der Waals surface area contributed by atoms with Crippen LogP contribution in [-0.4, -0.2) is 11.1 Å². The Kier molecular flexibility index (Phi) is 4.60. The Balaban J connectivity index is 1.97. The Hall–Kier alpha value is -2.30. The van der Waals surface area contributed by atoms with E-state index >= 15 is 0 Å². The second kappa shape index (κ2) is 6.67. The molecule has 0 aliphatic carbocycles. The summed E-state index contributed by atoms with van der Waals surface area (Å²) >= 11 is 12.0. The lowest BCUT2D eigenvalue weighted by Gasteiger charge is -2.09. The van der Waals surface area contributed by atoms with Gasteiger partial charge in [0.05, 0.1) is 5.69 Å². The largest absolute Gasteiger partial charge is 0.355 e. The van der Waals surface area contributed by atoms with Crippen molar-refractivity contribution in [3.05, 3.63) is 69.3 Å². The fourth-order valence-electron chi connectivity index (χ4n) is 2.36. The molecular weight excluding hydrogens is 347 g/mol. The van der Waals surface area contributed by atoms with Gasteiger partial charge < -0.3 is 9.84 Å². The molecule has 1 heterocycles. The molecule has 1 N–H and O–H groups in total. The van der Waals surface area contributed by atoms with Crippen molar-refractivity contribution in [3.63, 3.8) is 0 Å². The Morgan fingerprint density at radius 2 is 1.79 bits per heavy atom. The average molecular weight is 361 g/mol. The summed E-state index contributed by atoms with van der Waals surface area (Å²) < 4.78 is 5.35. The van der Waals surface area contributed by atoms with Gasteiger partial charge in [-0.1, -0.05) is 34.4 Å². The zero-order valence-electron chi connectivity index (χ0n) is 13.1. The van der Waals surface area contributed by atoms with Gasteiger partial charge in [-0.2, -0.15) is 0 Å². The predicted molar refractivity (Wildman–Crippen MR) is 95.8 cm³/mol. The number of amides is 1. The number of aryl methyl sites for hydroxylation is 1. The average Bonchev–Trinajstić information content (AvgIpc) is 2.94. The molecule has 0 unspecified atom stereocenters. The number of hydrogen-bond donors (Lipinski definition) is 1. The van der Waals surface area contributed by atoms with Crippen molar-refractivity contribution in [1.82, 2.24) is 5.16 Å². The number of benzene rings is 2. The standard InChI is InChI=1S/C18H14Cl2N2O2/c1-10-14(20)4-3-5-15(10)21-18(23)16-11(2)22-24-17(16)12-6-8-13(19)9-7-12/h3-9H,1-2H3,(H,21,23). The molecule has 0 radical (unpaired) electrons. The van der Waals surface area contributed by atoms with Crippen LogP contribution < -0.4 is 5.32 Å². The first kappa shape index (κ1) is 16.6. The number of aromatic nitrogens is 1. The first-order valence-corrected chi connectivity index (χ1v) is 8.01. The molecule has 0 aliphatic rings. The van der Waals surface area contributed by atoms with E-state index < -0.39 is 0 Å². The maximum Gasteiger partial charge on any atom is 0.261 e. The van der Waals surface area contributed by atoms with Crippen molar-refractivity contribution >= 4 is 34.8 Å². The van der Waals surface area contributed by atoms with E-state index in [2.05, 4.69) is 10.5 Å². The van der Waals surface area contributed by atoms with Gasteiger partial charge in [0, 0.05) is 21.3 Å². The summed E-state index contributed by atoms with van der Waals surface area (Å²) in [6.45, 7) is 3.57. The van der Waals surface area contributed by atoms with Gasteiger partial charge in [-0.05, 0) is 55.8 Å². The van der Waals surface area contributed by atoms with Crippen molar-refractivity contribution < 1.29 is 9.32 Å². The summed E-state index contributed by atoms with van der Waals surface area (Å²) in [5.41, 5.74) is 3.08. The molecule has 6 heteroatoms. The van der Waals surface area contributed by atoms with Gasteiger partial charge in [-0.3, -0.25) is 4.79 Å². The lowest BCUT2D eigenvalue weighted by molar-refractivity contribution is 0.102. The summed E-state index contributed by atoms with van der Waals surface area (Å²) in [4.78, 5) is 12.7. The highest BCUT2D eigenvalue weighted by molar-refractivity contribution is 6.32. The summed E-state index contributed by atoms with van der Waals surface area (Å²) in [6, 6.07) is 12.4. The number of carbonyl (C=O) groups is 1. The maximum atomic E-state index is 12.7. The first-order valence-electron chi connectivity index (χ1n) is 7.26. The van der Waals surface area contributed by atoms with E-state index in [-0.39, 0.29) is 5.91 Å². The molecule has 0 bridgehead atoms. The van der Waals surface area contributed by atoms with E-state index in [0.717, 1.165) is 11.1 Å². The van der Waals surface area contributed by atoms with E-state index in [9.17, 15) is 4.79 Å². The highest BCUT2D eigenvalue weighted by Crippen LogP contribution is 2.29. The summed E-state index contributed by atoms with van der Waals surface area (Å²) in [5, 5.41) is 7.99. The highest BCUT2D eigenvalue weighted by Gasteiger charge is 2.22. The van der Waals surface area contributed by atoms with Crippen LogP contribution in [-0.2, 0) is 0 Å². The first-order chi connectivity index (χ1) is 11.5. The molecule has 0 aliphatic heterocycles. The fourth-order valence-corrected chi connectivity index (χ4v) is 2.66. The molecule has 0 atom stereocenters. The van der Waals surface area contributed by atoms with Gasteiger partial charge in [0.15, 0.2) is 5.76 Å². The van der Waals surface area contributed by atoms with Gasteiger partial charge in [0.1, 0.15) is 5.56 Å². The smallest absolute Gasteiger partial charge is 0.261 e. The molecule has 24 heavy (non-hydrogen) atoms. The lowest BCUT2D eigenvalue weighted by atomic mass is 10.1.